The summed E-state index contributed by atoms with van der Waals surface area (Å²) in [5.74, 6) is 1.71. The quantitative estimate of drug-likeness (QED) is 0.489. The molecule has 0 aromatic heterocycles. The third-order valence-electron chi connectivity index (χ3n) is 2.07. The van der Waals surface area contributed by atoms with Gasteiger partial charge in [0.15, 0.2) is 0 Å². The van der Waals surface area contributed by atoms with Gasteiger partial charge in [0, 0.05) is 10.9 Å². The second-order valence-electron chi connectivity index (χ2n) is 3.70. The van der Waals surface area contributed by atoms with Gasteiger partial charge in [-0.2, -0.15) is 0 Å². The highest BCUT2D eigenvalue weighted by atomic mass is 35.5. The minimum atomic E-state index is 0.748. The van der Waals surface area contributed by atoms with Gasteiger partial charge in [-0.3, -0.25) is 0 Å². The summed E-state index contributed by atoms with van der Waals surface area (Å²) in [6.45, 7) is 5.06. The van der Waals surface area contributed by atoms with Crippen molar-refractivity contribution >= 4 is 23.2 Å². The number of alkyl halides is 1. The number of halogens is 2. The summed E-state index contributed by atoms with van der Waals surface area (Å²) in [4.78, 5) is 0. The van der Waals surface area contributed by atoms with Gasteiger partial charge < -0.3 is 4.74 Å². The average Bonchev–Trinajstić information content (AvgIpc) is 2.34. The van der Waals surface area contributed by atoms with Crippen LogP contribution in [0.3, 0.4) is 0 Å². The maximum Gasteiger partial charge on any atom is 0.119 e. The first kappa shape index (κ1) is 16.6. The van der Waals surface area contributed by atoms with Crippen LogP contribution in [0.5, 0.6) is 5.75 Å². The van der Waals surface area contributed by atoms with E-state index in [4.69, 9.17) is 27.9 Å². The van der Waals surface area contributed by atoms with Gasteiger partial charge in [0.1, 0.15) is 5.75 Å². The van der Waals surface area contributed by atoms with Crippen LogP contribution in [0, 0.1) is 0 Å². The molecule has 0 aliphatic carbocycles. The number of hydrogen-bond acceptors (Lipinski definition) is 1. The number of ether oxygens (including phenoxy) is 1. The Labute approximate surface area is 115 Å². The lowest BCUT2D eigenvalue weighted by molar-refractivity contribution is 0.309. The molecule has 0 radical (unpaired) electrons. The zero-order valence-electron chi connectivity index (χ0n) is 10.7. The van der Waals surface area contributed by atoms with Gasteiger partial charge in [0.2, 0.25) is 0 Å². The molecule has 17 heavy (non-hydrogen) atoms. The molecule has 0 atom stereocenters. The molecular weight excluding hydrogens is 255 g/mol. The van der Waals surface area contributed by atoms with Crippen molar-refractivity contribution in [2.75, 3.05) is 12.5 Å². The van der Waals surface area contributed by atoms with Gasteiger partial charge >= 0.3 is 0 Å². The van der Waals surface area contributed by atoms with Crippen LogP contribution in [-0.2, 0) is 0 Å². The van der Waals surface area contributed by atoms with E-state index in [0.717, 1.165) is 42.5 Å². The summed E-state index contributed by atoms with van der Waals surface area (Å²) >= 11 is 11.0. The van der Waals surface area contributed by atoms with Crippen molar-refractivity contribution < 1.29 is 4.74 Å². The second kappa shape index (κ2) is 12.1. The Hall–Kier alpha value is -0.400. The van der Waals surface area contributed by atoms with Crippen molar-refractivity contribution in [2.24, 2.45) is 0 Å². The molecule has 3 heteroatoms. The highest BCUT2D eigenvalue weighted by Gasteiger charge is 1.91. The minimum absolute atomic E-state index is 0.748. The first-order valence-corrected chi connectivity index (χ1v) is 7.10. The van der Waals surface area contributed by atoms with Gasteiger partial charge in [-0.05, 0) is 37.1 Å². The van der Waals surface area contributed by atoms with Gasteiger partial charge in [0.05, 0.1) is 6.61 Å². The monoisotopic (exact) mass is 276 g/mol. The summed E-state index contributed by atoms with van der Waals surface area (Å²) in [6, 6.07) is 7.45. The molecule has 0 aliphatic rings. The lowest BCUT2D eigenvalue weighted by atomic mass is 10.3. The topological polar surface area (TPSA) is 9.23 Å². The predicted molar refractivity (Wildman–Crippen MR) is 77.5 cm³/mol. The molecule has 0 unspecified atom stereocenters. The Morgan fingerprint density at radius 1 is 1.00 bits per heavy atom. The maximum atomic E-state index is 5.72. The van der Waals surface area contributed by atoms with E-state index in [0.29, 0.717) is 0 Å². The lowest BCUT2D eigenvalue weighted by Gasteiger charge is -2.03. The molecule has 1 aromatic rings. The van der Waals surface area contributed by atoms with Crippen molar-refractivity contribution in [2.45, 2.75) is 39.5 Å². The summed E-state index contributed by atoms with van der Waals surface area (Å²) in [7, 11) is 0. The average molecular weight is 277 g/mol. The zero-order chi connectivity index (χ0) is 12.9. The van der Waals surface area contributed by atoms with Crippen molar-refractivity contribution in [3.8, 4) is 5.75 Å². The smallest absolute Gasteiger partial charge is 0.119 e. The van der Waals surface area contributed by atoms with Crippen LogP contribution in [0.25, 0.3) is 0 Å². The number of benzene rings is 1. The molecule has 1 rings (SSSR count). The summed E-state index contributed by atoms with van der Waals surface area (Å²) in [6.07, 6.45) is 4.63. The van der Waals surface area contributed by atoms with Crippen LogP contribution in [0.2, 0.25) is 5.02 Å². The molecule has 0 fully saturated rings. The molecule has 0 saturated carbocycles. The Balaban J connectivity index is 0.000000437. The number of unbranched alkanes of at least 4 members (excludes halogenated alkanes) is 2. The van der Waals surface area contributed by atoms with E-state index in [1.807, 2.05) is 24.3 Å². The van der Waals surface area contributed by atoms with E-state index in [-0.39, 0.29) is 0 Å². The van der Waals surface area contributed by atoms with Crippen molar-refractivity contribution in [3.63, 3.8) is 0 Å². The van der Waals surface area contributed by atoms with Crippen molar-refractivity contribution in [3.05, 3.63) is 29.3 Å². The predicted octanol–water partition coefficient (Wildman–Crippen LogP) is 5.54. The fourth-order valence-corrected chi connectivity index (χ4v) is 1.39. The fourth-order valence-electron chi connectivity index (χ4n) is 0.999. The van der Waals surface area contributed by atoms with Crippen LogP contribution in [0.1, 0.15) is 39.5 Å². The molecule has 0 N–H and O–H groups in total. The second-order valence-corrected chi connectivity index (χ2v) is 4.51. The Kier molecular flexibility index (Phi) is 11.8. The van der Waals surface area contributed by atoms with Crippen LogP contribution in [0.4, 0.5) is 0 Å². The summed E-state index contributed by atoms with van der Waals surface area (Å²) in [5.41, 5.74) is 0. The molecule has 0 heterocycles. The standard InChI is InChI=1S/C10H13ClO.C4H9Cl/c1-2-3-8-12-10-6-4-9(11)5-7-10;1-2-3-4-5/h4-7H,2-3,8H2,1H3;2-4H2,1H3. The van der Waals surface area contributed by atoms with E-state index in [2.05, 4.69) is 13.8 Å². The van der Waals surface area contributed by atoms with Gasteiger partial charge in [-0.25, -0.2) is 0 Å². The normalized spacial score (nSPS) is 9.41. The first-order chi connectivity index (χ1) is 8.24. The maximum absolute atomic E-state index is 5.72. The molecule has 0 saturated heterocycles. The Morgan fingerprint density at radius 2 is 1.59 bits per heavy atom. The lowest BCUT2D eigenvalue weighted by Crippen LogP contribution is -1.95. The van der Waals surface area contributed by atoms with E-state index in [1.165, 1.54) is 6.42 Å². The SMILES string of the molecule is CCCCCl.CCCCOc1ccc(Cl)cc1. The summed E-state index contributed by atoms with van der Waals surface area (Å²) in [5, 5.41) is 0.748. The molecule has 0 amide bonds. The Morgan fingerprint density at radius 3 is 2.00 bits per heavy atom. The van der Waals surface area contributed by atoms with Gasteiger partial charge in [-0.15, -0.1) is 11.6 Å². The van der Waals surface area contributed by atoms with Crippen LogP contribution >= 0.6 is 23.2 Å². The molecule has 0 bridgehead atoms. The Bertz CT molecular complexity index is 257. The van der Waals surface area contributed by atoms with E-state index in [1.54, 1.807) is 0 Å². The highest BCUT2D eigenvalue weighted by molar-refractivity contribution is 6.30. The minimum Gasteiger partial charge on any atom is -0.494 e. The van der Waals surface area contributed by atoms with Crippen LogP contribution < -0.4 is 4.74 Å². The van der Waals surface area contributed by atoms with E-state index >= 15 is 0 Å². The highest BCUT2D eigenvalue weighted by Crippen LogP contribution is 2.15. The molecular formula is C14H22Cl2O. The van der Waals surface area contributed by atoms with E-state index < -0.39 is 0 Å². The number of hydrogen-bond donors (Lipinski definition) is 0. The van der Waals surface area contributed by atoms with Crippen molar-refractivity contribution in [1.29, 1.82) is 0 Å². The third-order valence-corrected chi connectivity index (χ3v) is 2.59. The van der Waals surface area contributed by atoms with Crippen LogP contribution in [0.15, 0.2) is 24.3 Å². The van der Waals surface area contributed by atoms with E-state index in [9.17, 15) is 0 Å². The number of rotatable bonds is 6. The molecule has 0 aliphatic heterocycles. The molecule has 1 nitrogen and oxygen atoms in total. The fraction of sp³-hybridized carbons (Fsp3) is 0.571. The molecule has 1 aromatic carbocycles. The van der Waals surface area contributed by atoms with Gasteiger partial charge in [-0.1, -0.05) is 38.3 Å². The van der Waals surface area contributed by atoms with Crippen molar-refractivity contribution in [1.82, 2.24) is 0 Å². The first-order valence-electron chi connectivity index (χ1n) is 6.18. The van der Waals surface area contributed by atoms with Gasteiger partial charge in [0.25, 0.3) is 0 Å². The zero-order valence-corrected chi connectivity index (χ0v) is 12.2. The molecule has 0 spiro atoms. The van der Waals surface area contributed by atoms with Crippen LogP contribution in [-0.4, -0.2) is 12.5 Å². The largest absolute Gasteiger partial charge is 0.494 e. The summed E-state index contributed by atoms with van der Waals surface area (Å²) < 4.78 is 5.44. The molecule has 98 valence electrons. The third kappa shape index (κ3) is 10.5.